The quantitative estimate of drug-likeness (QED) is 0.903. The fourth-order valence-electron chi connectivity index (χ4n) is 1.43. The molecule has 0 aliphatic carbocycles. The monoisotopic (exact) mass is 279 g/mol. The Kier molecular flexibility index (Phi) is 4.60. The second kappa shape index (κ2) is 6.20. The van der Waals surface area contributed by atoms with Gasteiger partial charge >= 0.3 is 0 Å². The number of halogens is 1. The van der Waals surface area contributed by atoms with Gasteiger partial charge in [-0.05, 0) is 35.9 Å². The van der Waals surface area contributed by atoms with E-state index in [4.69, 9.17) is 23.1 Å². The number of hydrogen-bond acceptors (Lipinski definition) is 4. The fraction of sp³-hybridized carbons (Fsp3) is 0.154. The van der Waals surface area contributed by atoms with E-state index in [-0.39, 0.29) is 6.04 Å². The summed E-state index contributed by atoms with van der Waals surface area (Å²) >= 11 is 7.42. The van der Waals surface area contributed by atoms with Crippen molar-refractivity contribution in [2.24, 2.45) is 11.5 Å². The molecule has 18 heavy (non-hydrogen) atoms. The number of benzene rings is 1. The highest BCUT2D eigenvalue weighted by Crippen LogP contribution is 2.27. The van der Waals surface area contributed by atoms with Crippen molar-refractivity contribution in [3.63, 3.8) is 0 Å². The Morgan fingerprint density at radius 1 is 1.17 bits per heavy atom. The number of rotatable bonds is 4. The fourth-order valence-corrected chi connectivity index (χ4v) is 2.31. The highest BCUT2D eigenvalue weighted by Gasteiger charge is 2.04. The normalized spacial score (nSPS) is 12.4. The summed E-state index contributed by atoms with van der Waals surface area (Å²) < 4.78 is 0. The standard InChI is InChI=1S/C13H14ClN3S/c14-10-2-4-11(5-3-10)18-13-6-1-9(8-17-13)12(16)7-15/h1-6,8,12H,7,15-16H2. The molecule has 3 nitrogen and oxygen atoms in total. The molecule has 0 spiro atoms. The molecule has 0 saturated heterocycles. The smallest absolute Gasteiger partial charge is 0.101 e. The second-order valence-electron chi connectivity index (χ2n) is 3.83. The summed E-state index contributed by atoms with van der Waals surface area (Å²) in [7, 11) is 0. The number of nitrogens with two attached hydrogens (primary N) is 2. The van der Waals surface area contributed by atoms with Crippen LogP contribution in [0.5, 0.6) is 0 Å². The Morgan fingerprint density at radius 2 is 1.89 bits per heavy atom. The molecule has 94 valence electrons. The summed E-state index contributed by atoms with van der Waals surface area (Å²) in [6, 6.07) is 11.4. The van der Waals surface area contributed by atoms with Crippen molar-refractivity contribution in [2.45, 2.75) is 16.0 Å². The van der Waals surface area contributed by atoms with Crippen LogP contribution < -0.4 is 11.5 Å². The Hall–Kier alpha value is -1.07. The number of pyridine rings is 1. The summed E-state index contributed by atoms with van der Waals surface area (Å²) in [5.74, 6) is 0. The first-order valence-corrected chi connectivity index (χ1v) is 6.73. The highest BCUT2D eigenvalue weighted by atomic mass is 35.5. The summed E-state index contributed by atoms with van der Waals surface area (Å²) in [4.78, 5) is 5.46. The molecule has 4 N–H and O–H groups in total. The molecule has 1 atom stereocenters. The van der Waals surface area contributed by atoms with Crippen LogP contribution in [0.2, 0.25) is 5.02 Å². The topological polar surface area (TPSA) is 64.9 Å². The average Bonchev–Trinajstić information content (AvgIpc) is 2.41. The maximum absolute atomic E-state index is 5.84. The molecule has 0 aliphatic heterocycles. The van der Waals surface area contributed by atoms with Crippen molar-refractivity contribution in [3.8, 4) is 0 Å². The lowest BCUT2D eigenvalue weighted by molar-refractivity contribution is 0.730. The molecule has 1 aromatic carbocycles. The molecule has 0 saturated carbocycles. The van der Waals surface area contributed by atoms with Gasteiger partial charge in [0.2, 0.25) is 0 Å². The first-order chi connectivity index (χ1) is 8.69. The SMILES string of the molecule is NCC(N)c1ccc(Sc2ccc(Cl)cc2)nc1. The van der Waals surface area contributed by atoms with Crippen molar-refractivity contribution in [2.75, 3.05) is 6.54 Å². The van der Waals surface area contributed by atoms with Gasteiger partial charge in [0.1, 0.15) is 5.03 Å². The van der Waals surface area contributed by atoms with Crippen LogP contribution in [0.4, 0.5) is 0 Å². The van der Waals surface area contributed by atoms with E-state index < -0.39 is 0 Å². The van der Waals surface area contributed by atoms with Gasteiger partial charge in [-0.15, -0.1) is 0 Å². The van der Waals surface area contributed by atoms with Crippen LogP contribution in [0.3, 0.4) is 0 Å². The third-order valence-corrected chi connectivity index (χ3v) is 3.69. The zero-order valence-electron chi connectivity index (χ0n) is 9.71. The summed E-state index contributed by atoms with van der Waals surface area (Å²) in [6.45, 7) is 0.422. The molecule has 1 unspecified atom stereocenters. The molecule has 0 bridgehead atoms. The first kappa shape index (κ1) is 13.4. The van der Waals surface area contributed by atoms with Crippen molar-refractivity contribution < 1.29 is 0 Å². The molecule has 0 aliphatic rings. The predicted octanol–water partition coefficient (Wildman–Crippen LogP) is 2.84. The minimum absolute atomic E-state index is 0.146. The Bertz CT molecular complexity index is 499. The second-order valence-corrected chi connectivity index (χ2v) is 5.36. The highest BCUT2D eigenvalue weighted by molar-refractivity contribution is 7.99. The Balaban J connectivity index is 2.08. The van der Waals surface area contributed by atoms with Crippen LogP contribution in [-0.4, -0.2) is 11.5 Å². The van der Waals surface area contributed by atoms with Crippen LogP contribution >= 0.6 is 23.4 Å². The van der Waals surface area contributed by atoms with E-state index in [1.165, 1.54) is 0 Å². The van der Waals surface area contributed by atoms with Crippen LogP contribution in [0, 0.1) is 0 Å². The van der Waals surface area contributed by atoms with Crippen molar-refractivity contribution in [3.05, 3.63) is 53.2 Å². The van der Waals surface area contributed by atoms with Crippen LogP contribution in [0.25, 0.3) is 0 Å². The van der Waals surface area contributed by atoms with E-state index in [2.05, 4.69) is 4.98 Å². The van der Waals surface area contributed by atoms with E-state index in [0.29, 0.717) is 6.54 Å². The molecule has 1 aromatic heterocycles. The van der Waals surface area contributed by atoms with E-state index in [0.717, 1.165) is 20.5 Å². The van der Waals surface area contributed by atoms with Gasteiger partial charge in [-0.2, -0.15) is 0 Å². The van der Waals surface area contributed by atoms with Gasteiger partial charge in [-0.25, -0.2) is 4.98 Å². The molecule has 0 radical (unpaired) electrons. The number of nitrogens with zero attached hydrogens (tertiary/aromatic N) is 1. The van der Waals surface area contributed by atoms with Gasteiger partial charge in [-0.3, -0.25) is 0 Å². The summed E-state index contributed by atoms with van der Waals surface area (Å²) in [5.41, 5.74) is 12.3. The lowest BCUT2D eigenvalue weighted by Crippen LogP contribution is -2.20. The maximum atomic E-state index is 5.84. The van der Waals surface area contributed by atoms with Crippen LogP contribution in [0.1, 0.15) is 11.6 Å². The van der Waals surface area contributed by atoms with E-state index in [1.807, 2.05) is 36.4 Å². The molecule has 2 rings (SSSR count). The third-order valence-electron chi connectivity index (χ3n) is 2.48. The summed E-state index contributed by atoms with van der Waals surface area (Å²) in [5, 5.41) is 1.65. The van der Waals surface area contributed by atoms with Gasteiger partial charge in [-0.1, -0.05) is 29.4 Å². The van der Waals surface area contributed by atoms with Crippen molar-refractivity contribution >= 4 is 23.4 Å². The molecule has 1 heterocycles. The van der Waals surface area contributed by atoms with Gasteiger partial charge in [0.25, 0.3) is 0 Å². The van der Waals surface area contributed by atoms with E-state index >= 15 is 0 Å². The van der Waals surface area contributed by atoms with Crippen LogP contribution in [0.15, 0.2) is 52.5 Å². The molecule has 0 fully saturated rings. The molecule has 5 heteroatoms. The number of hydrogen-bond donors (Lipinski definition) is 2. The van der Waals surface area contributed by atoms with E-state index in [1.54, 1.807) is 18.0 Å². The third kappa shape index (κ3) is 3.46. The lowest BCUT2D eigenvalue weighted by Gasteiger charge is -2.08. The zero-order chi connectivity index (χ0) is 13.0. The maximum Gasteiger partial charge on any atom is 0.101 e. The minimum Gasteiger partial charge on any atom is -0.329 e. The molecular weight excluding hydrogens is 266 g/mol. The largest absolute Gasteiger partial charge is 0.329 e. The van der Waals surface area contributed by atoms with Crippen LogP contribution in [-0.2, 0) is 0 Å². The van der Waals surface area contributed by atoms with Crippen molar-refractivity contribution in [1.82, 2.24) is 4.98 Å². The zero-order valence-corrected chi connectivity index (χ0v) is 11.3. The minimum atomic E-state index is -0.146. The Labute approximate surface area is 116 Å². The molecule has 2 aromatic rings. The van der Waals surface area contributed by atoms with Crippen molar-refractivity contribution in [1.29, 1.82) is 0 Å². The van der Waals surface area contributed by atoms with E-state index in [9.17, 15) is 0 Å². The summed E-state index contributed by atoms with van der Waals surface area (Å²) in [6.07, 6.45) is 1.77. The lowest BCUT2D eigenvalue weighted by atomic mass is 10.1. The predicted molar refractivity (Wildman–Crippen MR) is 75.8 cm³/mol. The molecule has 0 amide bonds. The van der Waals surface area contributed by atoms with Gasteiger partial charge in [0.05, 0.1) is 0 Å². The van der Waals surface area contributed by atoms with Gasteiger partial charge < -0.3 is 11.5 Å². The Morgan fingerprint density at radius 3 is 2.44 bits per heavy atom. The van der Waals surface area contributed by atoms with Gasteiger partial charge in [0.15, 0.2) is 0 Å². The first-order valence-electron chi connectivity index (χ1n) is 5.54. The molecular formula is C13H14ClN3S. The van der Waals surface area contributed by atoms with Gasteiger partial charge in [0, 0.05) is 28.7 Å². The average molecular weight is 280 g/mol. The number of aromatic nitrogens is 1.